The molecule has 1 fully saturated rings. The van der Waals surface area contributed by atoms with E-state index in [1.54, 1.807) is 20.8 Å². The molecule has 0 aromatic heterocycles. The Kier molecular flexibility index (Phi) is 5.20. The highest BCUT2D eigenvalue weighted by atomic mass is 32.2. The van der Waals surface area contributed by atoms with Crippen molar-refractivity contribution in [3.8, 4) is 5.75 Å². The van der Waals surface area contributed by atoms with Crippen molar-refractivity contribution >= 4 is 22.1 Å². The molecule has 0 radical (unpaired) electrons. The smallest absolute Gasteiger partial charge is 0.444 e. The molecule has 1 saturated heterocycles. The molecule has 166 valence electrons. The Labute approximate surface area is 171 Å². The van der Waals surface area contributed by atoms with E-state index >= 15 is 0 Å². The van der Waals surface area contributed by atoms with Crippen molar-refractivity contribution in [1.29, 1.82) is 0 Å². The maximum absolute atomic E-state index is 12.7. The molecule has 2 aliphatic rings. The Morgan fingerprint density at radius 2 is 1.83 bits per heavy atom. The second kappa shape index (κ2) is 7.03. The topological polar surface area (TPSA) is 102 Å². The van der Waals surface area contributed by atoms with Crippen LogP contribution in [0.2, 0.25) is 0 Å². The molecule has 1 N–H and O–H groups in total. The summed E-state index contributed by atoms with van der Waals surface area (Å²) in [6.07, 6.45) is -0.587. The third kappa shape index (κ3) is 4.18. The number of hydrogen-bond donors (Lipinski definition) is 1. The highest BCUT2D eigenvalue weighted by Gasteiger charge is 2.49. The SMILES string of the molecule is Cc1cc(OS(=O)(=O)C(F)(F)F)cc2c1C(=O)N[C@H]1CN(C(=O)OC(C)(C)C)C[C@H]21. The predicted octanol–water partition coefficient (Wildman–Crippen LogP) is 2.67. The Balaban J connectivity index is 1.94. The van der Waals surface area contributed by atoms with Crippen molar-refractivity contribution in [2.75, 3.05) is 13.1 Å². The zero-order valence-corrected chi connectivity index (χ0v) is 17.5. The molecule has 2 amide bonds. The molecule has 12 heteroatoms. The average molecular weight is 450 g/mol. The number of benzene rings is 1. The number of aryl methyl sites for hydroxylation is 1. The van der Waals surface area contributed by atoms with Gasteiger partial charge in [0.25, 0.3) is 5.91 Å². The lowest BCUT2D eigenvalue weighted by atomic mass is 9.84. The van der Waals surface area contributed by atoms with E-state index in [1.165, 1.54) is 11.8 Å². The molecule has 0 bridgehead atoms. The number of nitrogens with one attached hydrogen (secondary N) is 1. The molecular weight excluding hydrogens is 429 g/mol. The van der Waals surface area contributed by atoms with Gasteiger partial charge in [0.15, 0.2) is 0 Å². The first-order chi connectivity index (χ1) is 13.6. The summed E-state index contributed by atoms with van der Waals surface area (Å²) in [5, 5.41) is 2.79. The second-order valence-corrected chi connectivity index (χ2v) is 9.80. The van der Waals surface area contributed by atoms with E-state index in [2.05, 4.69) is 9.50 Å². The normalized spacial score (nSPS) is 21.6. The zero-order chi connectivity index (χ0) is 22.6. The number of rotatable bonds is 2. The van der Waals surface area contributed by atoms with E-state index in [0.29, 0.717) is 5.56 Å². The first kappa shape index (κ1) is 22.2. The number of amides is 2. The quantitative estimate of drug-likeness (QED) is 0.549. The van der Waals surface area contributed by atoms with Crippen LogP contribution in [0.25, 0.3) is 0 Å². The fourth-order valence-corrected chi connectivity index (χ4v) is 4.03. The second-order valence-electron chi connectivity index (χ2n) is 8.26. The van der Waals surface area contributed by atoms with Crippen molar-refractivity contribution in [2.45, 2.75) is 50.8 Å². The van der Waals surface area contributed by atoms with Crippen molar-refractivity contribution in [1.82, 2.24) is 10.2 Å². The van der Waals surface area contributed by atoms with Gasteiger partial charge in [-0.25, -0.2) is 4.79 Å². The fraction of sp³-hybridized carbons (Fsp3) is 0.556. The molecule has 0 saturated carbocycles. The van der Waals surface area contributed by atoms with E-state index in [9.17, 15) is 31.2 Å². The van der Waals surface area contributed by atoms with Gasteiger partial charge in [0.05, 0.1) is 6.04 Å². The minimum absolute atomic E-state index is 0.141. The van der Waals surface area contributed by atoms with E-state index in [4.69, 9.17) is 4.74 Å². The minimum atomic E-state index is -5.86. The molecule has 1 aromatic rings. The van der Waals surface area contributed by atoms with Crippen molar-refractivity contribution in [3.63, 3.8) is 0 Å². The van der Waals surface area contributed by atoms with Gasteiger partial charge < -0.3 is 19.1 Å². The monoisotopic (exact) mass is 450 g/mol. The maximum atomic E-state index is 12.7. The lowest BCUT2D eigenvalue weighted by molar-refractivity contribution is -0.0500. The van der Waals surface area contributed by atoms with Gasteiger partial charge in [0.2, 0.25) is 0 Å². The van der Waals surface area contributed by atoms with E-state index in [1.807, 2.05) is 0 Å². The highest BCUT2D eigenvalue weighted by molar-refractivity contribution is 7.88. The molecule has 0 aliphatic carbocycles. The number of alkyl halides is 3. The van der Waals surface area contributed by atoms with Gasteiger partial charge in [0, 0.05) is 24.6 Å². The number of hydrogen-bond acceptors (Lipinski definition) is 6. The number of nitrogens with zero attached hydrogens (tertiary/aromatic N) is 1. The van der Waals surface area contributed by atoms with Crippen LogP contribution in [0.3, 0.4) is 0 Å². The lowest BCUT2D eigenvalue weighted by Crippen LogP contribution is -2.45. The van der Waals surface area contributed by atoms with E-state index in [0.717, 1.165) is 12.1 Å². The van der Waals surface area contributed by atoms with Crippen LogP contribution in [0.5, 0.6) is 5.75 Å². The number of carbonyl (C=O) groups excluding carboxylic acids is 2. The Morgan fingerprint density at radius 3 is 2.40 bits per heavy atom. The molecule has 0 unspecified atom stereocenters. The van der Waals surface area contributed by atoms with Gasteiger partial charge in [-0.3, -0.25) is 4.79 Å². The summed E-state index contributed by atoms with van der Waals surface area (Å²) in [6, 6.07) is 1.68. The van der Waals surface area contributed by atoms with Crippen LogP contribution >= 0.6 is 0 Å². The first-order valence-electron chi connectivity index (χ1n) is 9.03. The molecule has 30 heavy (non-hydrogen) atoms. The molecule has 2 heterocycles. The zero-order valence-electron chi connectivity index (χ0n) is 16.7. The summed E-state index contributed by atoms with van der Waals surface area (Å²) in [5.41, 5.74) is -5.51. The third-order valence-corrected chi connectivity index (χ3v) is 5.72. The molecule has 2 atom stereocenters. The lowest BCUT2D eigenvalue weighted by Gasteiger charge is -2.29. The van der Waals surface area contributed by atoms with Crippen LogP contribution in [0, 0.1) is 6.92 Å². The minimum Gasteiger partial charge on any atom is -0.444 e. The molecule has 1 aromatic carbocycles. The number of ether oxygens (including phenoxy) is 1. The third-order valence-electron chi connectivity index (χ3n) is 4.74. The number of halogens is 3. The largest absolute Gasteiger partial charge is 0.534 e. The van der Waals surface area contributed by atoms with Crippen LogP contribution in [0.15, 0.2) is 12.1 Å². The highest BCUT2D eigenvalue weighted by Crippen LogP contribution is 2.39. The van der Waals surface area contributed by atoms with Gasteiger partial charge >= 0.3 is 21.7 Å². The Bertz CT molecular complexity index is 1000. The van der Waals surface area contributed by atoms with Gasteiger partial charge in [-0.1, -0.05) is 0 Å². The van der Waals surface area contributed by atoms with Crippen LogP contribution in [0.1, 0.15) is 48.2 Å². The molecule has 3 rings (SSSR count). The molecular formula is C18H21F3N2O6S. The van der Waals surface area contributed by atoms with Gasteiger partial charge in [-0.05, 0) is 51.0 Å². The van der Waals surface area contributed by atoms with Crippen molar-refractivity contribution in [2.24, 2.45) is 0 Å². The van der Waals surface area contributed by atoms with E-state index < -0.39 is 50.9 Å². The summed E-state index contributed by atoms with van der Waals surface area (Å²) in [7, 11) is -5.86. The van der Waals surface area contributed by atoms with Crippen molar-refractivity contribution in [3.05, 3.63) is 28.8 Å². The molecule has 2 aliphatic heterocycles. The number of carbonyl (C=O) groups is 2. The Morgan fingerprint density at radius 1 is 1.20 bits per heavy atom. The number of fused-ring (bicyclic) bond motifs is 3. The summed E-state index contributed by atoms with van der Waals surface area (Å²) in [4.78, 5) is 26.3. The summed E-state index contributed by atoms with van der Waals surface area (Å²) in [6.45, 7) is 6.88. The summed E-state index contributed by atoms with van der Waals surface area (Å²) in [5.74, 6) is -1.46. The Hall–Kier alpha value is -2.50. The number of likely N-dealkylation sites (tertiary alicyclic amines) is 1. The summed E-state index contributed by atoms with van der Waals surface area (Å²) < 4.78 is 70.4. The van der Waals surface area contributed by atoms with Gasteiger partial charge in [-0.15, -0.1) is 0 Å². The van der Waals surface area contributed by atoms with E-state index in [-0.39, 0.29) is 24.2 Å². The van der Waals surface area contributed by atoms with Crippen LogP contribution in [-0.2, 0) is 14.9 Å². The summed E-state index contributed by atoms with van der Waals surface area (Å²) >= 11 is 0. The van der Waals surface area contributed by atoms with Crippen LogP contribution in [-0.4, -0.2) is 55.6 Å². The molecule has 0 spiro atoms. The van der Waals surface area contributed by atoms with Gasteiger partial charge in [0.1, 0.15) is 11.4 Å². The average Bonchev–Trinajstić information content (AvgIpc) is 2.95. The standard InChI is InChI=1S/C18H21F3N2O6S/c1-9-5-10(29-30(26,27)18(19,20)21)6-11-12-7-23(16(25)28-17(2,3)4)8-13(12)22-15(24)14(9)11/h5-6,12-13H,7-8H2,1-4H3,(H,22,24)/t12-,13+/m1/s1. The van der Waals surface area contributed by atoms with Crippen LogP contribution in [0.4, 0.5) is 18.0 Å². The molecule has 8 nitrogen and oxygen atoms in total. The maximum Gasteiger partial charge on any atom is 0.534 e. The van der Waals surface area contributed by atoms with Crippen molar-refractivity contribution < 1.29 is 40.1 Å². The van der Waals surface area contributed by atoms with Crippen LogP contribution < -0.4 is 9.50 Å². The van der Waals surface area contributed by atoms with Gasteiger partial charge in [-0.2, -0.15) is 21.6 Å². The fourth-order valence-electron chi connectivity index (χ4n) is 3.59. The first-order valence-corrected chi connectivity index (χ1v) is 10.4. The predicted molar refractivity (Wildman–Crippen MR) is 98.6 cm³/mol.